The van der Waals surface area contributed by atoms with Crippen LogP contribution < -0.4 is 5.73 Å². The quantitative estimate of drug-likeness (QED) is 0.733. The van der Waals surface area contributed by atoms with Crippen molar-refractivity contribution in [3.63, 3.8) is 0 Å². The fourth-order valence-corrected chi connectivity index (χ4v) is 2.65. The van der Waals surface area contributed by atoms with E-state index in [9.17, 15) is 9.90 Å². The fraction of sp³-hybridized carbons (Fsp3) is 0.250. The molecule has 118 valence electrons. The van der Waals surface area contributed by atoms with E-state index in [0.29, 0.717) is 5.69 Å². The highest BCUT2D eigenvalue weighted by atomic mass is 16.3. The van der Waals surface area contributed by atoms with Crippen molar-refractivity contribution in [3.05, 3.63) is 53.5 Å². The van der Waals surface area contributed by atoms with Gasteiger partial charge in [-0.25, -0.2) is 4.68 Å². The van der Waals surface area contributed by atoms with Gasteiger partial charge in [-0.3, -0.25) is 9.78 Å². The minimum Gasteiger partial charge on any atom is -0.396 e. The van der Waals surface area contributed by atoms with Gasteiger partial charge in [0.25, 0.3) is 5.91 Å². The van der Waals surface area contributed by atoms with Crippen LogP contribution in [-0.2, 0) is 6.42 Å². The maximum absolute atomic E-state index is 11.5. The third kappa shape index (κ3) is 2.78. The summed E-state index contributed by atoms with van der Waals surface area (Å²) in [4.78, 5) is 15.8. The van der Waals surface area contributed by atoms with Gasteiger partial charge >= 0.3 is 0 Å². The molecular formula is C16H17N5O2. The summed E-state index contributed by atoms with van der Waals surface area (Å²) in [5, 5.41) is 18.2. The number of aliphatic hydroxyl groups is 1. The van der Waals surface area contributed by atoms with E-state index in [0.717, 1.165) is 16.5 Å². The molecule has 0 aliphatic heterocycles. The Balaban J connectivity index is 2.04. The molecule has 2 heterocycles. The monoisotopic (exact) mass is 311 g/mol. The van der Waals surface area contributed by atoms with E-state index in [1.165, 1.54) is 0 Å². The molecule has 0 saturated carbocycles. The Labute approximate surface area is 132 Å². The average Bonchev–Trinajstić information content (AvgIpc) is 2.98. The number of hydrogen-bond donors (Lipinski definition) is 2. The zero-order valence-corrected chi connectivity index (χ0v) is 12.7. The van der Waals surface area contributed by atoms with E-state index in [2.05, 4.69) is 15.3 Å². The van der Waals surface area contributed by atoms with E-state index < -0.39 is 5.91 Å². The Kier molecular flexibility index (Phi) is 4.03. The Morgan fingerprint density at radius 1 is 1.39 bits per heavy atom. The van der Waals surface area contributed by atoms with Crippen LogP contribution in [0.15, 0.2) is 36.5 Å². The predicted octanol–water partition coefficient (Wildman–Crippen LogP) is 1.07. The fourth-order valence-electron chi connectivity index (χ4n) is 2.65. The van der Waals surface area contributed by atoms with Crippen molar-refractivity contribution in [2.75, 3.05) is 6.61 Å². The highest BCUT2D eigenvalue weighted by Gasteiger charge is 2.21. The molecule has 3 N–H and O–H groups in total. The Morgan fingerprint density at radius 3 is 2.96 bits per heavy atom. The van der Waals surface area contributed by atoms with E-state index in [1.54, 1.807) is 10.9 Å². The number of pyridine rings is 1. The van der Waals surface area contributed by atoms with E-state index in [-0.39, 0.29) is 24.8 Å². The second-order valence-electron chi connectivity index (χ2n) is 5.30. The lowest BCUT2D eigenvalue weighted by Crippen LogP contribution is -2.18. The number of nitrogens with two attached hydrogens (primary N) is 1. The number of carbonyl (C=O) groups is 1. The van der Waals surface area contributed by atoms with Crippen LogP contribution in [-0.4, -0.2) is 37.6 Å². The summed E-state index contributed by atoms with van der Waals surface area (Å²) < 4.78 is 1.63. The molecule has 1 atom stereocenters. The van der Waals surface area contributed by atoms with Gasteiger partial charge in [0.2, 0.25) is 0 Å². The summed E-state index contributed by atoms with van der Waals surface area (Å²) in [6.07, 6.45) is 2.02. The maximum atomic E-state index is 11.5. The number of nitrogens with zero attached hydrogens (tertiary/aromatic N) is 4. The van der Waals surface area contributed by atoms with Crippen molar-refractivity contribution in [2.24, 2.45) is 5.73 Å². The summed E-state index contributed by atoms with van der Waals surface area (Å²) in [5.41, 5.74) is 7.89. The summed E-state index contributed by atoms with van der Waals surface area (Å²) in [6.45, 7) is 1.85. The third-order valence-corrected chi connectivity index (χ3v) is 3.85. The van der Waals surface area contributed by atoms with Crippen molar-refractivity contribution in [1.82, 2.24) is 20.0 Å². The number of aromatic nitrogens is 4. The number of fused-ring (bicyclic) bond motifs is 1. The molecule has 1 aromatic carbocycles. The summed E-state index contributed by atoms with van der Waals surface area (Å²) in [7, 11) is 0. The number of amides is 1. The highest BCUT2D eigenvalue weighted by molar-refractivity contribution is 5.91. The van der Waals surface area contributed by atoms with E-state index in [4.69, 9.17) is 5.73 Å². The molecule has 0 radical (unpaired) electrons. The Morgan fingerprint density at radius 2 is 2.22 bits per heavy atom. The molecule has 0 aliphatic rings. The first-order valence-electron chi connectivity index (χ1n) is 7.31. The first-order chi connectivity index (χ1) is 11.1. The van der Waals surface area contributed by atoms with E-state index in [1.807, 2.05) is 37.3 Å². The van der Waals surface area contributed by atoms with Crippen LogP contribution in [0, 0.1) is 0 Å². The highest BCUT2D eigenvalue weighted by Crippen LogP contribution is 2.23. The number of rotatable bonds is 5. The molecule has 7 heteroatoms. The Bertz CT molecular complexity index is 859. The standard InChI is InChI=1S/C16H17N5O2/c1-10(11-4-5-13-12(9-11)3-2-7-18-13)21-14(6-8-22)15(16(17)23)19-20-21/h2-5,7,9-10,22H,6,8H2,1H3,(H2,17,23)/t10-/m1/s1. The SMILES string of the molecule is C[C@H](c1ccc2ncccc2c1)n1nnc(C(N)=O)c1CCO. The largest absolute Gasteiger partial charge is 0.396 e. The predicted molar refractivity (Wildman–Crippen MR) is 84.9 cm³/mol. The molecule has 0 aliphatic carbocycles. The molecule has 3 rings (SSSR count). The van der Waals surface area contributed by atoms with Gasteiger partial charge in [-0.2, -0.15) is 0 Å². The molecular weight excluding hydrogens is 294 g/mol. The molecule has 2 aromatic heterocycles. The number of aliphatic hydroxyl groups excluding tert-OH is 1. The molecule has 1 amide bonds. The summed E-state index contributed by atoms with van der Waals surface area (Å²) in [5.74, 6) is -0.644. The Hall–Kier alpha value is -2.80. The van der Waals surface area contributed by atoms with Crippen LogP contribution >= 0.6 is 0 Å². The van der Waals surface area contributed by atoms with Gasteiger partial charge in [-0.05, 0) is 30.7 Å². The minimum atomic E-state index is -0.644. The number of benzene rings is 1. The van der Waals surface area contributed by atoms with Crippen LogP contribution in [0.4, 0.5) is 0 Å². The van der Waals surface area contributed by atoms with Gasteiger partial charge in [0, 0.05) is 24.6 Å². The molecule has 23 heavy (non-hydrogen) atoms. The minimum absolute atomic E-state index is 0.105. The van der Waals surface area contributed by atoms with Gasteiger partial charge in [-0.15, -0.1) is 5.10 Å². The van der Waals surface area contributed by atoms with Crippen molar-refractivity contribution in [2.45, 2.75) is 19.4 Å². The smallest absolute Gasteiger partial charge is 0.271 e. The molecule has 7 nitrogen and oxygen atoms in total. The van der Waals surface area contributed by atoms with Crippen molar-refractivity contribution < 1.29 is 9.90 Å². The number of hydrogen-bond acceptors (Lipinski definition) is 5. The number of primary amides is 1. The van der Waals surface area contributed by atoms with Gasteiger partial charge < -0.3 is 10.8 Å². The van der Waals surface area contributed by atoms with Gasteiger partial charge in [0.15, 0.2) is 5.69 Å². The van der Waals surface area contributed by atoms with Gasteiger partial charge in [0.1, 0.15) is 0 Å². The zero-order chi connectivity index (χ0) is 16.4. The van der Waals surface area contributed by atoms with Gasteiger partial charge in [0.05, 0.1) is 17.3 Å². The molecule has 0 fully saturated rings. The lowest BCUT2D eigenvalue weighted by atomic mass is 10.0. The first kappa shape index (κ1) is 15.1. The summed E-state index contributed by atoms with van der Waals surface area (Å²) >= 11 is 0. The van der Waals surface area contributed by atoms with Crippen LogP contribution in [0.5, 0.6) is 0 Å². The second-order valence-corrected chi connectivity index (χ2v) is 5.30. The van der Waals surface area contributed by atoms with Crippen LogP contribution in [0.3, 0.4) is 0 Å². The molecule has 0 spiro atoms. The average molecular weight is 311 g/mol. The molecule has 3 aromatic rings. The van der Waals surface area contributed by atoms with Crippen molar-refractivity contribution >= 4 is 16.8 Å². The second kappa shape index (κ2) is 6.13. The molecule has 0 unspecified atom stereocenters. The van der Waals surface area contributed by atoms with Crippen molar-refractivity contribution in [3.8, 4) is 0 Å². The number of carbonyl (C=O) groups excluding carboxylic acids is 1. The normalized spacial score (nSPS) is 12.4. The third-order valence-electron chi connectivity index (χ3n) is 3.85. The maximum Gasteiger partial charge on any atom is 0.271 e. The lowest BCUT2D eigenvalue weighted by Gasteiger charge is -2.15. The van der Waals surface area contributed by atoms with Crippen LogP contribution in [0.2, 0.25) is 0 Å². The van der Waals surface area contributed by atoms with E-state index >= 15 is 0 Å². The van der Waals surface area contributed by atoms with Crippen LogP contribution in [0.25, 0.3) is 10.9 Å². The molecule has 0 bridgehead atoms. The zero-order valence-electron chi connectivity index (χ0n) is 12.7. The topological polar surface area (TPSA) is 107 Å². The van der Waals surface area contributed by atoms with Gasteiger partial charge in [-0.1, -0.05) is 17.3 Å². The first-order valence-corrected chi connectivity index (χ1v) is 7.31. The lowest BCUT2D eigenvalue weighted by molar-refractivity contribution is 0.0994. The van der Waals surface area contributed by atoms with Crippen LogP contribution in [0.1, 0.15) is 34.7 Å². The molecule has 0 saturated heterocycles. The van der Waals surface area contributed by atoms with Crippen molar-refractivity contribution in [1.29, 1.82) is 0 Å². The summed E-state index contributed by atoms with van der Waals surface area (Å²) in [6, 6.07) is 9.66.